The zero-order valence-corrected chi connectivity index (χ0v) is 17.0. The van der Waals surface area contributed by atoms with Gasteiger partial charge >= 0.3 is 0 Å². The number of para-hydroxylation sites is 2. The average molecular weight is 384 g/mol. The number of ether oxygens (including phenoxy) is 1. The van der Waals surface area contributed by atoms with E-state index < -0.39 is 0 Å². The molecule has 2 nitrogen and oxygen atoms in total. The third-order valence-corrected chi connectivity index (χ3v) is 6.68. The van der Waals surface area contributed by atoms with Crippen molar-refractivity contribution in [3.63, 3.8) is 0 Å². The zero-order valence-electron chi connectivity index (χ0n) is 17.0. The molecule has 0 N–H and O–H groups in total. The van der Waals surface area contributed by atoms with Crippen LogP contribution in [0.5, 0.6) is 11.5 Å². The maximum atomic E-state index is 6.22. The summed E-state index contributed by atoms with van der Waals surface area (Å²) in [6.45, 7) is 3.57. The normalized spacial score (nSPS) is 19.0. The molecule has 2 heteroatoms. The molecule has 0 amide bonds. The molecule has 1 heterocycles. The van der Waals surface area contributed by atoms with Crippen LogP contribution in [0.25, 0.3) is 0 Å². The number of hydrogen-bond donors (Lipinski definition) is 0. The number of hydrogen-bond acceptors (Lipinski definition) is 2. The second-order valence-corrected chi connectivity index (χ2v) is 8.65. The maximum absolute atomic E-state index is 6.22. The van der Waals surface area contributed by atoms with E-state index in [1.807, 2.05) is 30.3 Å². The molecule has 0 aromatic heterocycles. The Balaban J connectivity index is 1.24. The van der Waals surface area contributed by atoms with Gasteiger partial charge in [0, 0.05) is 12.0 Å². The van der Waals surface area contributed by atoms with Crippen molar-refractivity contribution in [3.05, 3.63) is 96.1 Å². The topological polar surface area (TPSA) is 12.5 Å². The number of rotatable bonds is 6. The molecule has 1 saturated heterocycles. The Labute approximate surface area is 174 Å². The second-order valence-electron chi connectivity index (χ2n) is 8.65. The molecule has 1 aliphatic heterocycles. The van der Waals surface area contributed by atoms with Gasteiger partial charge in [0.1, 0.15) is 11.5 Å². The molecule has 0 spiro atoms. The number of benzene rings is 3. The second kappa shape index (κ2) is 8.04. The van der Waals surface area contributed by atoms with Gasteiger partial charge in [-0.15, -0.1) is 0 Å². The van der Waals surface area contributed by atoms with Crippen molar-refractivity contribution in [3.8, 4) is 11.5 Å². The minimum Gasteiger partial charge on any atom is -0.457 e. The summed E-state index contributed by atoms with van der Waals surface area (Å²) >= 11 is 0. The molecular weight excluding hydrogens is 354 g/mol. The van der Waals surface area contributed by atoms with Gasteiger partial charge in [0.05, 0.1) is 0 Å². The first kappa shape index (κ1) is 18.4. The molecule has 2 fully saturated rings. The summed E-state index contributed by atoms with van der Waals surface area (Å²) in [5, 5.41) is 0. The molecule has 0 radical (unpaired) electrons. The molecule has 29 heavy (non-hydrogen) atoms. The first-order chi connectivity index (χ1) is 14.3. The molecule has 0 bridgehead atoms. The fourth-order valence-electron chi connectivity index (χ4n) is 4.84. The Morgan fingerprint density at radius 2 is 1.38 bits per heavy atom. The molecular formula is C27H29NO. The van der Waals surface area contributed by atoms with E-state index in [4.69, 9.17) is 4.74 Å². The summed E-state index contributed by atoms with van der Waals surface area (Å²) in [6.07, 6.45) is 5.09. The largest absolute Gasteiger partial charge is 0.457 e. The van der Waals surface area contributed by atoms with Crippen LogP contribution in [0.15, 0.2) is 84.9 Å². The molecule has 0 atom stereocenters. The smallest absolute Gasteiger partial charge is 0.130 e. The fourth-order valence-corrected chi connectivity index (χ4v) is 4.84. The number of nitrogens with zero attached hydrogens (tertiary/aromatic N) is 1. The van der Waals surface area contributed by atoms with Crippen LogP contribution in [0.4, 0.5) is 0 Å². The van der Waals surface area contributed by atoms with Crippen LogP contribution in [0.1, 0.15) is 42.7 Å². The van der Waals surface area contributed by atoms with Gasteiger partial charge in [-0.1, -0.05) is 66.7 Å². The van der Waals surface area contributed by atoms with Crippen LogP contribution in [-0.4, -0.2) is 24.5 Å². The molecule has 1 aliphatic carbocycles. The standard InChI is InChI=1S/C27H29NO/c1-3-9-23(10-4-1)27(17-18-27)21-28-19-15-22(16-20-28)25-13-7-8-14-26(25)29-24-11-5-2-6-12-24/h1-14,22H,15-21H2. The molecule has 3 aromatic carbocycles. The van der Waals surface area contributed by atoms with E-state index in [0.29, 0.717) is 11.3 Å². The third-order valence-electron chi connectivity index (χ3n) is 6.68. The van der Waals surface area contributed by atoms with E-state index >= 15 is 0 Å². The van der Waals surface area contributed by atoms with E-state index in [-0.39, 0.29) is 0 Å². The van der Waals surface area contributed by atoms with Crippen molar-refractivity contribution in [2.45, 2.75) is 37.0 Å². The van der Waals surface area contributed by atoms with Crippen LogP contribution in [0.2, 0.25) is 0 Å². The molecule has 1 saturated carbocycles. The lowest BCUT2D eigenvalue weighted by Crippen LogP contribution is -2.38. The lowest BCUT2D eigenvalue weighted by atomic mass is 9.87. The van der Waals surface area contributed by atoms with Crippen molar-refractivity contribution in [2.75, 3.05) is 19.6 Å². The van der Waals surface area contributed by atoms with Gasteiger partial charge in [-0.05, 0) is 74.0 Å². The Morgan fingerprint density at radius 3 is 2.07 bits per heavy atom. The Morgan fingerprint density at radius 1 is 0.759 bits per heavy atom. The number of likely N-dealkylation sites (tertiary alicyclic amines) is 1. The zero-order chi connectivity index (χ0) is 19.5. The van der Waals surface area contributed by atoms with E-state index in [1.165, 1.54) is 56.4 Å². The van der Waals surface area contributed by atoms with Crippen molar-refractivity contribution < 1.29 is 4.74 Å². The number of piperidine rings is 1. The maximum Gasteiger partial charge on any atom is 0.130 e. The van der Waals surface area contributed by atoms with Crippen LogP contribution < -0.4 is 4.74 Å². The van der Waals surface area contributed by atoms with E-state index in [9.17, 15) is 0 Å². The molecule has 0 unspecified atom stereocenters. The summed E-state index contributed by atoms with van der Waals surface area (Å²) in [7, 11) is 0. The first-order valence-electron chi connectivity index (χ1n) is 10.9. The van der Waals surface area contributed by atoms with Crippen LogP contribution in [0.3, 0.4) is 0 Å². The van der Waals surface area contributed by atoms with Gasteiger partial charge in [-0.2, -0.15) is 0 Å². The van der Waals surface area contributed by atoms with Crippen molar-refractivity contribution in [1.82, 2.24) is 4.90 Å². The van der Waals surface area contributed by atoms with Gasteiger partial charge in [0.25, 0.3) is 0 Å². The quantitative estimate of drug-likeness (QED) is 0.489. The van der Waals surface area contributed by atoms with Gasteiger partial charge < -0.3 is 9.64 Å². The van der Waals surface area contributed by atoms with Gasteiger partial charge in [-0.25, -0.2) is 0 Å². The highest BCUT2D eigenvalue weighted by Gasteiger charge is 2.45. The third kappa shape index (κ3) is 4.09. The Bertz CT molecular complexity index is 925. The Hall–Kier alpha value is -2.58. The predicted octanol–water partition coefficient (Wildman–Crippen LogP) is 6.39. The van der Waals surface area contributed by atoms with Gasteiger partial charge in [-0.3, -0.25) is 0 Å². The highest BCUT2D eigenvalue weighted by molar-refractivity contribution is 5.40. The highest BCUT2D eigenvalue weighted by Crippen LogP contribution is 2.49. The summed E-state index contributed by atoms with van der Waals surface area (Å²) in [5.41, 5.74) is 3.31. The minimum absolute atomic E-state index is 0.419. The molecule has 2 aliphatic rings. The van der Waals surface area contributed by atoms with Crippen LogP contribution >= 0.6 is 0 Å². The van der Waals surface area contributed by atoms with Crippen molar-refractivity contribution in [1.29, 1.82) is 0 Å². The van der Waals surface area contributed by atoms with Gasteiger partial charge in [0.15, 0.2) is 0 Å². The first-order valence-corrected chi connectivity index (χ1v) is 10.9. The minimum atomic E-state index is 0.419. The molecule has 148 valence electrons. The van der Waals surface area contributed by atoms with Crippen molar-refractivity contribution >= 4 is 0 Å². The van der Waals surface area contributed by atoms with E-state index in [1.54, 1.807) is 0 Å². The summed E-state index contributed by atoms with van der Waals surface area (Å²) in [4.78, 5) is 2.69. The summed E-state index contributed by atoms with van der Waals surface area (Å²) in [5.74, 6) is 2.51. The van der Waals surface area contributed by atoms with Crippen molar-refractivity contribution in [2.24, 2.45) is 0 Å². The van der Waals surface area contributed by atoms with Crippen LogP contribution in [0, 0.1) is 0 Å². The predicted molar refractivity (Wildman–Crippen MR) is 119 cm³/mol. The lowest BCUT2D eigenvalue weighted by molar-refractivity contribution is 0.194. The fraction of sp³-hybridized carbons (Fsp3) is 0.333. The highest BCUT2D eigenvalue weighted by atomic mass is 16.5. The van der Waals surface area contributed by atoms with Gasteiger partial charge in [0.2, 0.25) is 0 Å². The summed E-state index contributed by atoms with van der Waals surface area (Å²) in [6, 6.07) is 29.8. The Kier molecular flexibility index (Phi) is 5.12. The summed E-state index contributed by atoms with van der Waals surface area (Å²) < 4.78 is 6.22. The van der Waals surface area contributed by atoms with E-state index in [2.05, 4.69) is 59.5 Å². The average Bonchev–Trinajstić information content (AvgIpc) is 3.57. The van der Waals surface area contributed by atoms with E-state index in [0.717, 1.165) is 11.5 Å². The SMILES string of the molecule is c1ccc(Oc2ccccc2C2CCN(CC3(c4ccccc4)CC3)CC2)cc1. The van der Waals surface area contributed by atoms with Crippen LogP contribution in [-0.2, 0) is 5.41 Å². The monoisotopic (exact) mass is 383 g/mol. The molecule has 5 rings (SSSR count). The molecule has 3 aromatic rings. The lowest BCUT2D eigenvalue weighted by Gasteiger charge is -2.35.